The number of carbonyl (C=O) groups is 2. The van der Waals surface area contributed by atoms with Gasteiger partial charge < -0.3 is 30.5 Å². The van der Waals surface area contributed by atoms with Crippen LogP contribution < -0.4 is 9.47 Å². The summed E-state index contributed by atoms with van der Waals surface area (Å²) in [6.07, 6.45) is 44.7. The van der Waals surface area contributed by atoms with E-state index in [0.29, 0.717) is 11.4 Å². The number of isothiocyanates is 2. The number of aromatic carboxylic acids is 2. The van der Waals surface area contributed by atoms with Crippen molar-refractivity contribution in [3.63, 3.8) is 0 Å². The summed E-state index contributed by atoms with van der Waals surface area (Å²) in [5, 5.41) is 34.6. The van der Waals surface area contributed by atoms with Gasteiger partial charge in [0.15, 0.2) is 0 Å². The first-order valence-corrected chi connectivity index (χ1v) is 26.7. The molecule has 0 aromatic carbocycles. The number of pyridine rings is 4. The van der Waals surface area contributed by atoms with Gasteiger partial charge in [-0.05, 0) is 49.2 Å². The maximum Gasteiger partial charge on any atom is 2.00 e. The molecule has 0 aliphatic heterocycles. The topological polar surface area (TPSA) is 189 Å². The maximum atomic E-state index is 10.8. The summed E-state index contributed by atoms with van der Waals surface area (Å²) in [5.41, 5.74) is 2.45. The summed E-state index contributed by atoms with van der Waals surface area (Å²) in [4.78, 5) is 38.7. The van der Waals surface area contributed by atoms with Crippen molar-refractivity contribution in [2.75, 3.05) is 13.2 Å². The molecule has 4 heterocycles. The Bertz CT molecular complexity index is 1890. The molecule has 4 aromatic rings. The molecular weight excluding hydrogens is 1020 g/mol. The fourth-order valence-electron chi connectivity index (χ4n) is 7.66. The van der Waals surface area contributed by atoms with Crippen LogP contribution in [0.4, 0.5) is 0 Å². The molecule has 0 fully saturated rings. The van der Waals surface area contributed by atoms with Gasteiger partial charge in [-0.3, -0.25) is 19.9 Å². The maximum absolute atomic E-state index is 10.8. The summed E-state index contributed by atoms with van der Waals surface area (Å²) in [6, 6.07) is 13.3. The molecule has 0 saturated heterocycles. The number of thiocarbonyl (C=S) groups is 2. The van der Waals surface area contributed by atoms with E-state index in [0.717, 1.165) is 48.9 Å². The molecule has 0 bridgehead atoms. The SMILES string of the molecule is CCCCCCCCCCCCCCCCOc1ccnc(-c2cc(OCCCCCCCCCCCCCCCC)ccn2)c1.O=C(O)c1ccnc(-c2cc(C(=O)O)ccn2)c1.[N-]=C=S.[N-]=C=S.[Ru+2]. The molecule has 0 radical (unpaired) electrons. The second kappa shape index (κ2) is 47.7. The van der Waals surface area contributed by atoms with Crippen LogP contribution in [-0.4, -0.2) is 65.6 Å². The number of aromatic nitrogens is 4. The molecule has 2 N–H and O–H groups in total. The molecule has 4 aromatic heterocycles. The third-order valence-electron chi connectivity index (χ3n) is 11.5. The molecule has 4 rings (SSSR count). The first kappa shape index (κ1) is 66.4. The molecular formula is C56H80N6O6RuS2. The van der Waals surface area contributed by atoms with Gasteiger partial charge in [0.25, 0.3) is 0 Å². The van der Waals surface area contributed by atoms with Crippen LogP contribution in [0.1, 0.15) is 214 Å². The van der Waals surface area contributed by atoms with E-state index in [2.05, 4.69) is 58.2 Å². The fraction of sp³-hybridized carbons (Fsp3) is 0.571. The average Bonchev–Trinajstić information content (AvgIpc) is 3.37. The molecule has 0 aliphatic carbocycles. The Morgan fingerprint density at radius 1 is 0.437 bits per heavy atom. The van der Waals surface area contributed by atoms with Crippen molar-refractivity contribution >= 4 is 46.7 Å². The summed E-state index contributed by atoms with van der Waals surface area (Å²) in [5.74, 6) is -0.411. The second-order valence-electron chi connectivity index (χ2n) is 17.3. The van der Waals surface area contributed by atoms with E-state index in [1.54, 1.807) is 0 Å². The molecule has 15 heteroatoms. The van der Waals surface area contributed by atoms with Crippen LogP contribution in [0, 0.1) is 0 Å². The number of hydrogen-bond acceptors (Lipinski definition) is 10. The van der Waals surface area contributed by atoms with Crippen molar-refractivity contribution in [2.45, 2.75) is 194 Å². The molecule has 0 spiro atoms. The van der Waals surface area contributed by atoms with Crippen LogP contribution in [0.15, 0.2) is 73.3 Å². The fourth-order valence-corrected chi connectivity index (χ4v) is 7.66. The average molecular weight is 1100 g/mol. The molecule has 0 aliphatic rings. The van der Waals surface area contributed by atoms with Gasteiger partial charge in [-0.25, -0.2) is 9.59 Å². The zero-order valence-electron chi connectivity index (χ0n) is 42.5. The van der Waals surface area contributed by atoms with E-state index >= 15 is 0 Å². The van der Waals surface area contributed by atoms with Crippen molar-refractivity contribution < 1.29 is 48.8 Å². The van der Waals surface area contributed by atoms with Gasteiger partial charge in [-0.2, -0.15) is 10.3 Å². The van der Waals surface area contributed by atoms with Crippen LogP contribution in [-0.2, 0) is 19.5 Å². The summed E-state index contributed by atoms with van der Waals surface area (Å²) < 4.78 is 12.1. The zero-order chi connectivity index (χ0) is 51.1. The first-order valence-electron chi connectivity index (χ1n) is 25.8. The van der Waals surface area contributed by atoms with E-state index in [4.69, 9.17) is 30.5 Å². The quantitative estimate of drug-likeness (QED) is 0.0190. The third-order valence-corrected chi connectivity index (χ3v) is 11.5. The molecule has 390 valence electrons. The molecule has 71 heavy (non-hydrogen) atoms. The van der Waals surface area contributed by atoms with Crippen molar-refractivity contribution in [2.24, 2.45) is 0 Å². The minimum Gasteiger partial charge on any atom is -0.753 e. The molecule has 0 unspecified atom stereocenters. The minimum absolute atomic E-state index is 0. The van der Waals surface area contributed by atoms with Crippen molar-refractivity contribution in [3.8, 4) is 34.3 Å². The Morgan fingerprint density at radius 2 is 0.662 bits per heavy atom. The van der Waals surface area contributed by atoms with E-state index in [1.807, 2.05) is 36.7 Å². The largest absolute Gasteiger partial charge is 2.00 e. The van der Waals surface area contributed by atoms with Gasteiger partial charge in [0, 0.05) is 36.9 Å². The normalized spacial score (nSPS) is 10.1. The van der Waals surface area contributed by atoms with Gasteiger partial charge in [-0.15, -0.1) is 0 Å². The van der Waals surface area contributed by atoms with E-state index in [-0.39, 0.29) is 30.6 Å². The van der Waals surface area contributed by atoms with Gasteiger partial charge in [0.1, 0.15) is 11.5 Å². The van der Waals surface area contributed by atoms with Gasteiger partial charge in [0.2, 0.25) is 0 Å². The zero-order valence-corrected chi connectivity index (χ0v) is 45.9. The number of carboxylic acid groups (broad SMARTS) is 2. The number of rotatable bonds is 36. The smallest absolute Gasteiger partial charge is 0.753 e. The Kier molecular flexibility index (Phi) is 44.6. The predicted molar refractivity (Wildman–Crippen MR) is 292 cm³/mol. The summed E-state index contributed by atoms with van der Waals surface area (Å²) in [6.45, 7) is 6.10. The van der Waals surface area contributed by atoms with Crippen molar-refractivity contribution in [1.29, 1.82) is 0 Å². The number of carboxylic acids is 2. The Morgan fingerprint density at radius 3 is 0.915 bits per heavy atom. The van der Waals surface area contributed by atoms with Crippen molar-refractivity contribution in [1.82, 2.24) is 19.9 Å². The number of nitrogens with zero attached hydrogens (tertiary/aromatic N) is 6. The Hall–Kier alpha value is -4.64. The first-order chi connectivity index (χ1) is 34.2. The van der Waals surface area contributed by atoms with E-state index < -0.39 is 11.9 Å². The van der Waals surface area contributed by atoms with Crippen LogP contribution >= 0.6 is 24.4 Å². The van der Waals surface area contributed by atoms with Crippen LogP contribution in [0.2, 0.25) is 0 Å². The molecule has 0 saturated carbocycles. The predicted octanol–water partition coefficient (Wildman–Crippen LogP) is 16.7. The van der Waals surface area contributed by atoms with Gasteiger partial charge in [0.05, 0.1) is 47.1 Å². The number of ether oxygens (including phenoxy) is 2. The van der Waals surface area contributed by atoms with Crippen LogP contribution in [0.25, 0.3) is 33.6 Å². The monoisotopic (exact) mass is 1100 g/mol. The summed E-state index contributed by atoms with van der Waals surface area (Å²) >= 11 is 7.40. The molecule has 12 nitrogen and oxygen atoms in total. The standard InChI is InChI=1S/C42H72N2O2.C12H8N2O4.2CNS.Ru/c1-3-5-7-9-11-13-15-17-19-21-23-25-27-29-35-45-39-31-33-43-41(37-39)42-38-40(32-34-44-42)46-36-30-28-26-24-22-20-18-16-14-12-10-8-6-4-2;15-11(16)7-1-3-13-9(5-7)10-6-8(12(17)18)2-4-14-10;2*2-1-3;/h31-34,37-38H,3-30,35-36H2,1-2H3;1-6H,(H,15,16)(H,17,18);;;/q;;2*-1;+2. The van der Waals surface area contributed by atoms with Gasteiger partial charge >= 0.3 is 31.4 Å². The van der Waals surface area contributed by atoms with Crippen molar-refractivity contribution in [3.05, 3.63) is 95.3 Å². The number of hydrogen-bond donors (Lipinski definition) is 2. The van der Waals surface area contributed by atoms with Gasteiger partial charge in [-0.1, -0.05) is 205 Å². The number of unbranched alkanes of at least 4 members (excludes halogenated alkanes) is 26. The second-order valence-corrected chi connectivity index (χ2v) is 17.7. The van der Waals surface area contributed by atoms with E-state index in [1.165, 1.54) is 214 Å². The summed E-state index contributed by atoms with van der Waals surface area (Å²) in [7, 11) is 0. The Labute approximate surface area is 449 Å². The Balaban J connectivity index is 0.00000161. The van der Waals surface area contributed by atoms with E-state index in [9.17, 15) is 9.59 Å². The molecule has 0 atom stereocenters. The van der Waals surface area contributed by atoms with Crippen LogP contribution in [0.3, 0.4) is 0 Å². The molecule has 0 amide bonds. The van der Waals surface area contributed by atoms with Crippen LogP contribution in [0.5, 0.6) is 11.5 Å². The minimum atomic E-state index is -1.08. The third kappa shape index (κ3) is 36.0.